The van der Waals surface area contributed by atoms with Crippen LogP contribution in [0.25, 0.3) is 0 Å². The minimum absolute atomic E-state index is 0.0336. The number of aromatic hydroxyl groups is 1. The second-order valence-electron chi connectivity index (χ2n) is 10.4. The first-order chi connectivity index (χ1) is 19.4. The molecular weight excluding hydrogens is 646 g/mol. The zero-order valence-corrected chi connectivity index (χ0v) is 24.2. The highest BCUT2D eigenvalue weighted by Crippen LogP contribution is 2.66. The summed E-state index contributed by atoms with van der Waals surface area (Å²) in [5.74, 6) is -8.33. The predicted octanol–water partition coefficient (Wildman–Crippen LogP) is 4.62. The number of halogens is 4. The topological polar surface area (TPSA) is 121 Å². The van der Waals surface area contributed by atoms with Crippen LogP contribution in [0.15, 0.2) is 58.6 Å². The van der Waals surface area contributed by atoms with Crippen LogP contribution in [0, 0.1) is 23.6 Å². The lowest BCUT2D eigenvalue weighted by atomic mass is 9.56. The Balaban J connectivity index is 1.57. The molecule has 6 atom stereocenters. The van der Waals surface area contributed by atoms with Crippen LogP contribution in [0.2, 0.25) is 0 Å². The van der Waals surface area contributed by atoms with Gasteiger partial charge in [-0.2, -0.15) is 4.90 Å². The van der Waals surface area contributed by atoms with Crippen molar-refractivity contribution in [2.75, 3.05) is 12.0 Å². The molecule has 2 aromatic carbocycles. The van der Waals surface area contributed by atoms with Crippen molar-refractivity contribution in [3.8, 4) is 5.75 Å². The first-order valence-corrected chi connectivity index (χ1v) is 14.1. The van der Waals surface area contributed by atoms with E-state index in [-0.39, 0.29) is 29.8 Å². The van der Waals surface area contributed by atoms with Crippen LogP contribution in [-0.2, 0) is 23.9 Å². The van der Waals surface area contributed by atoms with Gasteiger partial charge in [0.05, 0.1) is 24.6 Å². The van der Waals surface area contributed by atoms with Gasteiger partial charge in [-0.3, -0.25) is 19.2 Å². The summed E-state index contributed by atoms with van der Waals surface area (Å²) in [6, 6.07) is 9.13. The van der Waals surface area contributed by atoms with Crippen molar-refractivity contribution < 1.29 is 38.2 Å². The number of allylic oxidation sites excluding steroid dienone is 2. The SMILES string of the molecule is COC(=O)N1C(=O)C2CC=C3C(CC4(Cl)C(=O)N(c5ccc(F)cc5)C(=O)C4(Cl)C3c3cc(Br)ccc3O)C2C1=O. The van der Waals surface area contributed by atoms with E-state index in [1.165, 1.54) is 24.3 Å². The zero-order valence-electron chi connectivity index (χ0n) is 21.1. The van der Waals surface area contributed by atoms with Crippen LogP contribution in [0.4, 0.5) is 14.9 Å². The fourth-order valence-electron chi connectivity index (χ4n) is 6.77. The third-order valence-electron chi connectivity index (χ3n) is 8.55. The molecule has 0 radical (unpaired) electrons. The Hall–Kier alpha value is -3.28. The monoisotopic (exact) mass is 664 g/mol. The molecule has 5 amide bonds. The van der Waals surface area contributed by atoms with Crippen molar-refractivity contribution in [1.82, 2.24) is 4.90 Å². The van der Waals surface area contributed by atoms with Crippen molar-refractivity contribution in [3.63, 3.8) is 0 Å². The molecule has 2 aliphatic heterocycles. The van der Waals surface area contributed by atoms with E-state index in [2.05, 4.69) is 20.7 Å². The number of carbonyl (C=O) groups excluding carboxylic acids is 5. The second-order valence-corrected chi connectivity index (χ2v) is 12.6. The molecule has 0 spiro atoms. The summed E-state index contributed by atoms with van der Waals surface area (Å²) in [4.78, 5) is 64.2. The number of anilines is 1. The Labute approximate surface area is 250 Å². The summed E-state index contributed by atoms with van der Waals surface area (Å²) in [7, 11) is 1.05. The van der Waals surface area contributed by atoms with Crippen molar-refractivity contribution >= 4 is 74.5 Å². The molecule has 0 bridgehead atoms. The maximum Gasteiger partial charge on any atom is 0.423 e. The fourth-order valence-corrected chi connectivity index (χ4v) is 8.08. The molecule has 1 N–H and O–H groups in total. The normalized spacial score (nSPS) is 32.5. The number of benzene rings is 2. The number of carbonyl (C=O) groups is 5. The number of phenolic OH excluding ortho intramolecular Hbond substituents is 1. The van der Waals surface area contributed by atoms with Crippen molar-refractivity contribution in [3.05, 3.63) is 70.0 Å². The van der Waals surface area contributed by atoms with E-state index in [0.29, 0.717) is 14.9 Å². The second kappa shape index (κ2) is 9.37. The molecule has 1 saturated carbocycles. The Kier molecular flexibility index (Phi) is 6.37. The molecule has 6 rings (SSSR count). The molecule has 2 heterocycles. The van der Waals surface area contributed by atoms with Crippen LogP contribution in [0.5, 0.6) is 5.75 Å². The standard InChI is InChI=1S/C28H20BrCl2FN2O7/c1-41-26(40)34-22(36)16-8-7-15-18(20(16)23(34)37)11-27(30)24(38)33(14-5-3-13(32)4-6-14)25(39)28(27,31)21(15)17-10-12(29)2-9-19(17)35/h2-7,9-10,16,18,20-21,35H,8,11H2,1H3. The van der Waals surface area contributed by atoms with E-state index in [1.807, 2.05) is 0 Å². The van der Waals surface area contributed by atoms with Crippen LogP contribution in [0.3, 0.4) is 0 Å². The molecule has 9 nitrogen and oxygen atoms in total. The largest absolute Gasteiger partial charge is 0.508 e. The highest BCUT2D eigenvalue weighted by atomic mass is 79.9. The molecule has 212 valence electrons. The van der Waals surface area contributed by atoms with Crippen molar-refractivity contribution in [2.45, 2.75) is 28.5 Å². The highest BCUT2D eigenvalue weighted by Gasteiger charge is 2.77. The van der Waals surface area contributed by atoms with E-state index in [0.717, 1.165) is 24.1 Å². The maximum absolute atomic E-state index is 14.2. The van der Waals surface area contributed by atoms with E-state index in [1.54, 1.807) is 12.1 Å². The lowest BCUT2D eigenvalue weighted by Gasteiger charge is -2.50. The first kappa shape index (κ1) is 27.9. The van der Waals surface area contributed by atoms with E-state index < -0.39 is 69.0 Å². The molecule has 3 fully saturated rings. The van der Waals surface area contributed by atoms with Gasteiger partial charge in [-0.05, 0) is 61.2 Å². The number of alkyl halides is 2. The molecule has 13 heteroatoms. The first-order valence-electron chi connectivity index (χ1n) is 12.5. The number of nitrogens with zero attached hydrogens (tertiary/aromatic N) is 2. The van der Waals surface area contributed by atoms with Crippen molar-refractivity contribution in [2.24, 2.45) is 17.8 Å². The van der Waals surface area contributed by atoms with Gasteiger partial charge < -0.3 is 9.84 Å². The maximum atomic E-state index is 14.2. The van der Waals surface area contributed by atoms with Crippen molar-refractivity contribution in [1.29, 1.82) is 0 Å². The summed E-state index contributed by atoms with van der Waals surface area (Å²) >= 11 is 17.8. The summed E-state index contributed by atoms with van der Waals surface area (Å²) in [5.41, 5.74) is 0.630. The molecule has 2 aliphatic carbocycles. The number of likely N-dealkylation sites (tertiary alicyclic amines) is 1. The van der Waals surface area contributed by atoms with Gasteiger partial charge in [-0.1, -0.05) is 27.6 Å². The fraction of sp³-hybridized carbons (Fsp3) is 0.321. The van der Waals surface area contributed by atoms with Gasteiger partial charge in [-0.25, -0.2) is 14.1 Å². The Morgan fingerprint density at radius 1 is 1.05 bits per heavy atom. The highest BCUT2D eigenvalue weighted by molar-refractivity contribution is 9.10. The van der Waals surface area contributed by atoms with Gasteiger partial charge in [0, 0.05) is 16.0 Å². The summed E-state index contributed by atoms with van der Waals surface area (Å²) in [6.07, 6.45) is 0.245. The minimum Gasteiger partial charge on any atom is -0.508 e. The molecule has 2 aromatic rings. The lowest BCUT2D eigenvalue weighted by molar-refractivity contribution is -0.138. The van der Waals surface area contributed by atoms with E-state index >= 15 is 0 Å². The third-order valence-corrected chi connectivity index (χ3v) is 10.5. The van der Waals surface area contributed by atoms with Crippen LogP contribution < -0.4 is 4.90 Å². The van der Waals surface area contributed by atoms with Gasteiger partial charge >= 0.3 is 6.09 Å². The molecule has 41 heavy (non-hydrogen) atoms. The average Bonchev–Trinajstić information content (AvgIpc) is 3.28. The minimum atomic E-state index is -2.19. The quantitative estimate of drug-likeness (QED) is 0.282. The van der Waals surface area contributed by atoms with Gasteiger partial charge in [0.1, 0.15) is 11.6 Å². The Morgan fingerprint density at radius 2 is 1.73 bits per heavy atom. The summed E-state index contributed by atoms with van der Waals surface area (Å²) in [6.45, 7) is 0. The van der Waals surface area contributed by atoms with Gasteiger partial charge in [0.2, 0.25) is 11.8 Å². The Bertz CT molecular complexity index is 1600. The van der Waals surface area contributed by atoms with Crippen LogP contribution in [0.1, 0.15) is 24.3 Å². The number of fused-ring (bicyclic) bond motifs is 4. The van der Waals surface area contributed by atoms with Crippen LogP contribution in [-0.4, -0.2) is 56.6 Å². The smallest absolute Gasteiger partial charge is 0.423 e. The summed E-state index contributed by atoms with van der Waals surface area (Å²) in [5, 5.41) is 11.0. The third kappa shape index (κ3) is 3.61. The summed E-state index contributed by atoms with van der Waals surface area (Å²) < 4.78 is 18.9. The predicted molar refractivity (Wildman–Crippen MR) is 147 cm³/mol. The van der Waals surface area contributed by atoms with Gasteiger partial charge in [-0.15, -0.1) is 23.2 Å². The number of imide groups is 4. The molecule has 6 unspecified atom stereocenters. The molecule has 0 aromatic heterocycles. The number of hydrogen-bond donors (Lipinski definition) is 1. The van der Waals surface area contributed by atoms with E-state index in [4.69, 9.17) is 23.2 Å². The zero-order chi connectivity index (χ0) is 29.6. The molecular formula is C28H20BrCl2FN2O7. The number of hydrogen-bond acceptors (Lipinski definition) is 7. The van der Waals surface area contributed by atoms with Crippen LogP contribution >= 0.6 is 39.1 Å². The number of amides is 5. The number of rotatable bonds is 2. The number of phenols is 1. The van der Waals surface area contributed by atoms with Gasteiger partial charge in [0.15, 0.2) is 9.75 Å². The molecule has 4 aliphatic rings. The van der Waals surface area contributed by atoms with E-state index in [9.17, 15) is 33.5 Å². The number of ether oxygens (including phenoxy) is 1. The molecule has 2 saturated heterocycles. The Morgan fingerprint density at radius 3 is 2.39 bits per heavy atom. The lowest BCUT2D eigenvalue weighted by Crippen LogP contribution is -2.60. The number of methoxy groups -OCH3 is 1. The average molecular weight is 666 g/mol. The van der Waals surface area contributed by atoms with Gasteiger partial charge in [0.25, 0.3) is 11.8 Å².